The van der Waals surface area contributed by atoms with Gasteiger partial charge in [0.15, 0.2) is 0 Å². The van der Waals surface area contributed by atoms with E-state index in [1.807, 2.05) is 0 Å². The predicted molar refractivity (Wildman–Crippen MR) is 51.0 cm³/mol. The van der Waals surface area contributed by atoms with Crippen LogP contribution in [0, 0.1) is 6.92 Å². The van der Waals surface area contributed by atoms with Gasteiger partial charge in [0.25, 0.3) is 0 Å². The molecule has 0 aliphatic carbocycles. The first-order valence-electron chi connectivity index (χ1n) is 3.97. The van der Waals surface area contributed by atoms with Crippen molar-refractivity contribution >= 4 is 24.2 Å². The molecule has 0 aliphatic rings. The number of benzene rings is 1. The summed E-state index contributed by atoms with van der Waals surface area (Å²) in [4.78, 5) is 0. The summed E-state index contributed by atoms with van der Waals surface area (Å²) in [6, 6.07) is 1.72. The van der Waals surface area contributed by atoms with Crippen LogP contribution in [0.4, 0.5) is 13.2 Å². The molecular weight excluding hydrogens is 231 g/mol. The van der Waals surface area contributed by atoms with Crippen molar-refractivity contribution in [3.8, 4) is 0 Å². The van der Waals surface area contributed by atoms with Crippen LogP contribution in [-0.2, 0) is 6.18 Å². The maximum absolute atomic E-state index is 12.4. The molecule has 82 valence electrons. The van der Waals surface area contributed by atoms with Gasteiger partial charge in [0.05, 0.1) is 10.6 Å². The Morgan fingerprint density at radius 2 is 1.80 bits per heavy atom. The number of halogens is 4. The first-order chi connectivity index (χ1) is 6.75. The van der Waals surface area contributed by atoms with E-state index in [0.717, 1.165) is 12.1 Å². The predicted octanol–water partition coefficient (Wildman–Crippen LogP) is 1.35. The molecule has 0 fully saturated rings. The van der Waals surface area contributed by atoms with Gasteiger partial charge in [0.1, 0.15) is 0 Å². The molecule has 0 aromatic heterocycles. The molecule has 0 heterocycles. The van der Waals surface area contributed by atoms with E-state index in [1.54, 1.807) is 0 Å². The van der Waals surface area contributed by atoms with E-state index in [4.69, 9.17) is 21.6 Å². The maximum atomic E-state index is 12.4. The van der Waals surface area contributed by atoms with Crippen molar-refractivity contribution in [3.63, 3.8) is 0 Å². The van der Waals surface area contributed by atoms with Gasteiger partial charge in [-0.15, -0.1) is 0 Å². The summed E-state index contributed by atoms with van der Waals surface area (Å²) >= 11 is 5.48. The lowest BCUT2D eigenvalue weighted by Gasteiger charge is -2.13. The topological polar surface area (TPSA) is 40.5 Å². The highest BCUT2D eigenvalue weighted by atomic mass is 35.5. The molecule has 2 nitrogen and oxygen atoms in total. The third-order valence-electron chi connectivity index (χ3n) is 2.01. The first kappa shape index (κ1) is 12.4. The van der Waals surface area contributed by atoms with E-state index in [0.29, 0.717) is 0 Å². The van der Waals surface area contributed by atoms with Gasteiger partial charge in [-0.1, -0.05) is 17.7 Å². The van der Waals surface area contributed by atoms with Crippen LogP contribution in [0.3, 0.4) is 0 Å². The Kier molecular flexibility index (Phi) is 3.33. The molecule has 7 heteroatoms. The fraction of sp³-hybridized carbons (Fsp3) is 0.250. The molecule has 15 heavy (non-hydrogen) atoms. The zero-order valence-corrected chi connectivity index (χ0v) is 8.39. The summed E-state index contributed by atoms with van der Waals surface area (Å²) in [5.74, 6) is 0. The molecule has 0 saturated heterocycles. The normalized spacial score (nSPS) is 11.7. The summed E-state index contributed by atoms with van der Waals surface area (Å²) in [6.07, 6.45) is -4.54. The van der Waals surface area contributed by atoms with Gasteiger partial charge in [0.2, 0.25) is 0 Å². The maximum Gasteiger partial charge on any atom is 0.488 e. The third kappa shape index (κ3) is 2.45. The van der Waals surface area contributed by atoms with Crippen molar-refractivity contribution in [2.24, 2.45) is 0 Å². The highest BCUT2D eigenvalue weighted by molar-refractivity contribution is 6.59. The average molecular weight is 238 g/mol. The average Bonchev–Trinajstić information content (AvgIpc) is 2.06. The Labute approximate surface area is 89.4 Å². The van der Waals surface area contributed by atoms with Crippen molar-refractivity contribution in [2.75, 3.05) is 0 Å². The standard InChI is InChI=1S/C8H7BClF3O2/c1-4-6(9(14)15)3-2-5(7(4)10)8(11,12)13/h2-3,14-15H,1H3. The van der Waals surface area contributed by atoms with Crippen LogP contribution in [0.15, 0.2) is 12.1 Å². The molecule has 0 amide bonds. The van der Waals surface area contributed by atoms with Crippen molar-refractivity contribution in [3.05, 3.63) is 28.3 Å². The van der Waals surface area contributed by atoms with Crippen LogP contribution < -0.4 is 5.46 Å². The Hall–Kier alpha value is -0.715. The van der Waals surface area contributed by atoms with Gasteiger partial charge in [0, 0.05) is 0 Å². The van der Waals surface area contributed by atoms with Gasteiger partial charge in [-0.3, -0.25) is 0 Å². The summed E-state index contributed by atoms with van der Waals surface area (Å²) in [6.45, 7) is 1.30. The van der Waals surface area contributed by atoms with Crippen LogP contribution in [0.5, 0.6) is 0 Å². The number of hydrogen-bond acceptors (Lipinski definition) is 2. The molecular formula is C8H7BClF3O2. The highest BCUT2D eigenvalue weighted by Gasteiger charge is 2.34. The van der Waals surface area contributed by atoms with Crippen LogP contribution in [0.1, 0.15) is 11.1 Å². The number of alkyl halides is 3. The van der Waals surface area contributed by atoms with Gasteiger partial charge in [-0.05, 0) is 24.0 Å². The van der Waals surface area contributed by atoms with Crippen LogP contribution in [0.25, 0.3) is 0 Å². The van der Waals surface area contributed by atoms with Gasteiger partial charge < -0.3 is 10.0 Å². The van der Waals surface area contributed by atoms with E-state index in [9.17, 15) is 13.2 Å². The van der Waals surface area contributed by atoms with Crippen molar-refractivity contribution in [1.29, 1.82) is 0 Å². The Bertz CT molecular complexity index is 379. The molecule has 0 radical (unpaired) electrons. The smallest absolute Gasteiger partial charge is 0.423 e. The summed E-state index contributed by atoms with van der Waals surface area (Å²) in [7, 11) is -1.83. The van der Waals surface area contributed by atoms with E-state index < -0.39 is 23.9 Å². The van der Waals surface area contributed by atoms with E-state index >= 15 is 0 Å². The summed E-state index contributed by atoms with van der Waals surface area (Å²) in [5.41, 5.74) is -0.999. The molecule has 1 rings (SSSR count). The SMILES string of the molecule is Cc1c(B(O)O)ccc(C(F)(F)F)c1Cl. The molecule has 0 saturated carbocycles. The molecule has 1 aromatic carbocycles. The van der Waals surface area contributed by atoms with Gasteiger partial charge in [-0.2, -0.15) is 13.2 Å². The third-order valence-corrected chi connectivity index (χ3v) is 2.50. The molecule has 0 aliphatic heterocycles. The minimum Gasteiger partial charge on any atom is -0.423 e. The zero-order chi connectivity index (χ0) is 11.8. The molecule has 0 unspecified atom stereocenters. The number of hydrogen-bond donors (Lipinski definition) is 2. The monoisotopic (exact) mass is 238 g/mol. The quantitative estimate of drug-likeness (QED) is 0.725. The minimum absolute atomic E-state index is 0.0153. The van der Waals surface area contributed by atoms with Crippen molar-refractivity contribution < 1.29 is 23.2 Å². The second-order valence-electron chi connectivity index (χ2n) is 3.01. The zero-order valence-electron chi connectivity index (χ0n) is 7.64. The van der Waals surface area contributed by atoms with Gasteiger partial charge in [-0.25, -0.2) is 0 Å². The molecule has 1 aromatic rings. The molecule has 2 N–H and O–H groups in total. The van der Waals surface area contributed by atoms with Crippen LogP contribution in [-0.4, -0.2) is 17.2 Å². The van der Waals surface area contributed by atoms with Crippen LogP contribution >= 0.6 is 11.6 Å². The Morgan fingerprint density at radius 1 is 1.27 bits per heavy atom. The van der Waals surface area contributed by atoms with E-state index in [-0.39, 0.29) is 11.0 Å². The minimum atomic E-state index is -4.54. The molecule has 0 atom stereocenters. The Morgan fingerprint density at radius 3 is 2.20 bits per heavy atom. The lowest BCUT2D eigenvalue weighted by atomic mass is 9.77. The Balaban J connectivity index is 3.34. The van der Waals surface area contributed by atoms with Gasteiger partial charge >= 0.3 is 13.3 Å². The van der Waals surface area contributed by atoms with Crippen molar-refractivity contribution in [2.45, 2.75) is 13.1 Å². The lowest BCUT2D eigenvalue weighted by Crippen LogP contribution is -2.32. The fourth-order valence-electron chi connectivity index (χ4n) is 1.20. The molecule has 0 bridgehead atoms. The highest BCUT2D eigenvalue weighted by Crippen LogP contribution is 2.35. The summed E-state index contributed by atoms with van der Waals surface area (Å²) in [5, 5.41) is 17.2. The lowest BCUT2D eigenvalue weighted by molar-refractivity contribution is -0.137. The number of rotatable bonds is 1. The van der Waals surface area contributed by atoms with E-state index in [2.05, 4.69) is 0 Å². The largest absolute Gasteiger partial charge is 0.488 e. The second-order valence-corrected chi connectivity index (χ2v) is 3.39. The van der Waals surface area contributed by atoms with E-state index in [1.165, 1.54) is 6.92 Å². The van der Waals surface area contributed by atoms with Crippen molar-refractivity contribution in [1.82, 2.24) is 0 Å². The molecule has 0 spiro atoms. The second kappa shape index (κ2) is 4.04. The fourth-order valence-corrected chi connectivity index (χ4v) is 1.48. The summed E-state index contributed by atoms with van der Waals surface area (Å²) < 4.78 is 37.1. The van der Waals surface area contributed by atoms with Crippen LogP contribution in [0.2, 0.25) is 5.02 Å². The first-order valence-corrected chi connectivity index (χ1v) is 4.35.